The van der Waals surface area contributed by atoms with Gasteiger partial charge in [0.2, 0.25) is 0 Å². The fraction of sp³-hybridized carbons (Fsp3) is 0.143. The van der Waals surface area contributed by atoms with Crippen LogP contribution in [0.5, 0.6) is 5.75 Å². The highest BCUT2D eigenvalue weighted by Gasteiger charge is 2.14. The SMILES string of the molecule is COc1cc(Cl)ccc1C(=O)Nc1ncc(C#CCO)s1. The van der Waals surface area contributed by atoms with E-state index in [-0.39, 0.29) is 12.5 Å². The number of amides is 1. The van der Waals surface area contributed by atoms with Gasteiger partial charge in [0, 0.05) is 5.02 Å². The number of halogens is 1. The fourth-order valence-electron chi connectivity index (χ4n) is 1.53. The maximum Gasteiger partial charge on any atom is 0.261 e. The number of ether oxygens (including phenoxy) is 1. The van der Waals surface area contributed by atoms with Gasteiger partial charge in [0.25, 0.3) is 5.91 Å². The normalized spacial score (nSPS) is 9.67. The molecule has 108 valence electrons. The van der Waals surface area contributed by atoms with Crippen LogP contribution in [0.15, 0.2) is 24.4 Å². The minimum absolute atomic E-state index is 0.221. The molecule has 2 N–H and O–H groups in total. The Morgan fingerprint density at radius 1 is 1.57 bits per heavy atom. The zero-order valence-electron chi connectivity index (χ0n) is 11.0. The summed E-state index contributed by atoms with van der Waals surface area (Å²) in [5.41, 5.74) is 0.361. The van der Waals surface area contributed by atoms with Gasteiger partial charge in [-0.3, -0.25) is 10.1 Å². The maximum absolute atomic E-state index is 12.2. The van der Waals surface area contributed by atoms with Crippen LogP contribution in [-0.4, -0.2) is 29.7 Å². The molecule has 7 heteroatoms. The van der Waals surface area contributed by atoms with E-state index in [9.17, 15) is 4.79 Å². The third-order valence-electron chi connectivity index (χ3n) is 2.42. The Kier molecular flexibility index (Phi) is 5.17. The molecule has 0 fully saturated rings. The number of rotatable bonds is 3. The van der Waals surface area contributed by atoms with Crippen molar-refractivity contribution in [3.05, 3.63) is 39.9 Å². The van der Waals surface area contributed by atoms with Crippen molar-refractivity contribution in [2.24, 2.45) is 0 Å². The molecule has 5 nitrogen and oxygen atoms in total. The first-order valence-corrected chi connectivity index (χ1v) is 7.04. The number of hydrogen-bond donors (Lipinski definition) is 2. The summed E-state index contributed by atoms with van der Waals surface area (Å²) in [5.74, 6) is 5.27. The Labute approximate surface area is 130 Å². The van der Waals surface area contributed by atoms with Gasteiger partial charge >= 0.3 is 0 Å². The van der Waals surface area contributed by atoms with Crippen LogP contribution in [0.4, 0.5) is 5.13 Å². The lowest BCUT2D eigenvalue weighted by atomic mass is 10.2. The summed E-state index contributed by atoms with van der Waals surface area (Å²) in [6.07, 6.45) is 1.53. The lowest BCUT2D eigenvalue weighted by Gasteiger charge is -2.07. The second kappa shape index (κ2) is 7.09. The van der Waals surface area contributed by atoms with Crippen LogP contribution in [-0.2, 0) is 0 Å². The topological polar surface area (TPSA) is 71.5 Å². The van der Waals surface area contributed by atoms with E-state index >= 15 is 0 Å². The van der Waals surface area contributed by atoms with E-state index in [2.05, 4.69) is 22.1 Å². The molecule has 1 aromatic carbocycles. The van der Waals surface area contributed by atoms with E-state index in [0.29, 0.717) is 26.3 Å². The molecule has 0 radical (unpaired) electrons. The molecule has 1 amide bonds. The van der Waals surface area contributed by atoms with Crippen molar-refractivity contribution in [1.82, 2.24) is 4.98 Å². The highest BCUT2D eigenvalue weighted by Crippen LogP contribution is 2.25. The number of aliphatic hydroxyl groups is 1. The summed E-state index contributed by atoms with van der Waals surface area (Å²) in [5, 5.41) is 12.2. The molecule has 0 aliphatic rings. The number of carbonyl (C=O) groups excluding carboxylic acids is 1. The monoisotopic (exact) mass is 322 g/mol. The minimum atomic E-state index is -0.348. The number of hydrogen-bond acceptors (Lipinski definition) is 5. The first kappa shape index (κ1) is 15.3. The summed E-state index contributed by atoms with van der Waals surface area (Å²) < 4.78 is 5.13. The summed E-state index contributed by atoms with van der Waals surface area (Å²) in [4.78, 5) is 16.9. The molecule has 0 bridgehead atoms. The van der Waals surface area contributed by atoms with E-state index in [1.165, 1.54) is 24.6 Å². The Hall–Kier alpha value is -2.07. The summed E-state index contributed by atoms with van der Waals surface area (Å²) in [7, 11) is 1.47. The molecule has 2 rings (SSSR count). The summed E-state index contributed by atoms with van der Waals surface area (Å²) >= 11 is 7.07. The third-order valence-corrected chi connectivity index (χ3v) is 3.49. The predicted octanol–water partition coefficient (Wildman–Crippen LogP) is 2.40. The number of aromatic nitrogens is 1. The van der Waals surface area contributed by atoms with Crippen molar-refractivity contribution in [2.45, 2.75) is 0 Å². The lowest BCUT2D eigenvalue weighted by molar-refractivity contribution is 0.102. The number of benzene rings is 1. The minimum Gasteiger partial charge on any atom is -0.496 e. The molecule has 0 unspecified atom stereocenters. The van der Waals surface area contributed by atoms with E-state index in [1.807, 2.05) is 0 Å². The van der Waals surface area contributed by atoms with Crippen molar-refractivity contribution < 1.29 is 14.6 Å². The van der Waals surface area contributed by atoms with Gasteiger partial charge < -0.3 is 9.84 Å². The molecule has 0 atom stereocenters. The first-order chi connectivity index (χ1) is 10.1. The number of nitrogens with one attached hydrogen (secondary N) is 1. The number of nitrogens with zero attached hydrogens (tertiary/aromatic N) is 1. The van der Waals surface area contributed by atoms with Crippen molar-refractivity contribution in [3.63, 3.8) is 0 Å². The molecule has 0 saturated carbocycles. The highest BCUT2D eigenvalue weighted by molar-refractivity contribution is 7.16. The zero-order valence-corrected chi connectivity index (χ0v) is 12.6. The Morgan fingerprint density at radius 2 is 2.38 bits per heavy atom. The molecule has 1 aromatic heterocycles. The van der Waals surface area contributed by atoms with Crippen LogP contribution in [0.2, 0.25) is 5.02 Å². The smallest absolute Gasteiger partial charge is 0.261 e. The van der Waals surface area contributed by atoms with Gasteiger partial charge in [-0.1, -0.05) is 34.8 Å². The van der Waals surface area contributed by atoms with E-state index < -0.39 is 0 Å². The highest BCUT2D eigenvalue weighted by atomic mass is 35.5. The lowest BCUT2D eigenvalue weighted by Crippen LogP contribution is -2.12. The maximum atomic E-state index is 12.2. The summed E-state index contributed by atoms with van der Waals surface area (Å²) in [6.45, 7) is -0.221. The van der Waals surface area contributed by atoms with Crippen LogP contribution in [0.3, 0.4) is 0 Å². The Bertz CT molecular complexity index is 718. The summed E-state index contributed by atoms with van der Waals surface area (Å²) in [6, 6.07) is 4.76. The molecule has 0 saturated heterocycles. The van der Waals surface area contributed by atoms with Crippen molar-refractivity contribution in [2.75, 3.05) is 19.0 Å². The van der Waals surface area contributed by atoms with Crippen LogP contribution in [0.1, 0.15) is 15.2 Å². The van der Waals surface area contributed by atoms with Crippen LogP contribution < -0.4 is 10.1 Å². The largest absolute Gasteiger partial charge is 0.496 e. The second-order valence-corrected chi connectivity index (χ2v) is 5.26. The van der Waals surface area contributed by atoms with E-state index in [0.717, 1.165) is 0 Å². The van der Waals surface area contributed by atoms with Gasteiger partial charge in [-0.2, -0.15) is 0 Å². The fourth-order valence-corrected chi connectivity index (χ4v) is 2.38. The molecule has 1 heterocycles. The predicted molar refractivity (Wildman–Crippen MR) is 82.0 cm³/mol. The van der Waals surface area contributed by atoms with Crippen molar-refractivity contribution in [3.8, 4) is 17.6 Å². The Balaban J connectivity index is 2.16. The van der Waals surface area contributed by atoms with Crippen LogP contribution >= 0.6 is 22.9 Å². The van der Waals surface area contributed by atoms with E-state index in [4.69, 9.17) is 21.4 Å². The molecular weight excluding hydrogens is 312 g/mol. The van der Waals surface area contributed by atoms with Crippen LogP contribution in [0, 0.1) is 11.8 Å². The van der Waals surface area contributed by atoms with Gasteiger partial charge in [0.05, 0.1) is 23.7 Å². The molecular formula is C14H11ClN2O3S. The van der Waals surface area contributed by atoms with Crippen molar-refractivity contribution >= 4 is 34.0 Å². The molecule has 0 aliphatic heterocycles. The second-order valence-electron chi connectivity index (χ2n) is 3.79. The van der Waals surface area contributed by atoms with Crippen molar-refractivity contribution in [1.29, 1.82) is 0 Å². The number of thiazole rings is 1. The number of aliphatic hydroxyl groups excluding tert-OH is 1. The van der Waals surface area contributed by atoms with Gasteiger partial charge in [0.15, 0.2) is 5.13 Å². The zero-order chi connectivity index (χ0) is 15.2. The van der Waals surface area contributed by atoms with Gasteiger partial charge in [-0.15, -0.1) is 0 Å². The average molecular weight is 323 g/mol. The molecule has 21 heavy (non-hydrogen) atoms. The van der Waals surface area contributed by atoms with Crippen LogP contribution in [0.25, 0.3) is 0 Å². The average Bonchev–Trinajstić information content (AvgIpc) is 2.92. The standard InChI is InChI=1S/C14H11ClN2O3S/c1-20-12-7-9(15)4-5-11(12)13(19)17-14-16-8-10(21-14)3-2-6-18/h4-5,7-8,18H,6H2,1H3,(H,16,17,19). The number of anilines is 1. The molecule has 0 spiro atoms. The molecule has 2 aromatic rings. The Morgan fingerprint density at radius 3 is 3.10 bits per heavy atom. The van der Waals surface area contributed by atoms with E-state index in [1.54, 1.807) is 18.2 Å². The van der Waals surface area contributed by atoms with Gasteiger partial charge in [-0.05, 0) is 18.2 Å². The quantitative estimate of drug-likeness (QED) is 0.851. The van der Waals surface area contributed by atoms with Gasteiger partial charge in [-0.25, -0.2) is 4.98 Å². The molecule has 0 aliphatic carbocycles. The first-order valence-electron chi connectivity index (χ1n) is 5.84. The van der Waals surface area contributed by atoms with Gasteiger partial charge in [0.1, 0.15) is 12.4 Å². The number of methoxy groups -OCH3 is 1. The number of carbonyl (C=O) groups is 1. The third kappa shape index (κ3) is 3.95.